The molecule has 0 saturated carbocycles. The van der Waals surface area contributed by atoms with Crippen molar-refractivity contribution in [3.63, 3.8) is 0 Å². The predicted molar refractivity (Wildman–Crippen MR) is 133 cm³/mol. The lowest BCUT2D eigenvalue weighted by molar-refractivity contribution is 0.253. The van der Waals surface area contributed by atoms with Gasteiger partial charge < -0.3 is 15.1 Å². The monoisotopic (exact) mass is 427 g/mol. The second kappa shape index (κ2) is 26.9. The number of unbranched alkanes of at least 4 members (excludes halogenated alkanes) is 18. The summed E-state index contributed by atoms with van der Waals surface area (Å²) in [4.78, 5) is 2.75. The molecule has 0 aliphatic heterocycles. The molecule has 0 aromatic heterocycles. The maximum Gasteiger partial charge on any atom is 0.0431 e. The third kappa shape index (κ3) is 24.2. The van der Waals surface area contributed by atoms with Crippen LogP contribution >= 0.6 is 0 Å². The summed E-state index contributed by atoms with van der Waals surface area (Å²) in [5, 5.41) is 17.7. The molecular weight excluding hydrogens is 370 g/mol. The van der Waals surface area contributed by atoms with Gasteiger partial charge in [0, 0.05) is 13.2 Å². The SMILES string of the molecule is CCCCCCCCCN(CCCCCCCCCO)CCCCCCCCCO. The first kappa shape index (κ1) is 29.9. The van der Waals surface area contributed by atoms with Crippen LogP contribution in [0.2, 0.25) is 0 Å². The highest BCUT2D eigenvalue weighted by Gasteiger charge is 2.05. The molecule has 0 bridgehead atoms. The van der Waals surface area contributed by atoms with Gasteiger partial charge in [0.1, 0.15) is 0 Å². The van der Waals surface area contributed by atoms with Gasteiger partial charge in [0.2, 0.25) is 0 Å². The average Bonchev–Trinajstić information content (AvgIpc) is 2.76. The Morgan fingerprint density at radius 1 is 0.367 bits per heavy atom. The van der Waals surface area contributed by atoms with Gasteiger partial charge in [0.25, 0.3) is 0 Å². The van der Waals surface area contributed by atoms with Crippen molar-refractivity contribution in [2.45, 2.75) is 142 Å². The molecule has 0 rings (SSSR count). The Morgan fingerprint density at radius 2 is 0.633 bits per heavy atom. The molecular formula is C27H57NO2. The van der Waals surface area contributed by atoms with E-state index in [-0.39, 0.29) is 0 Å². The van der Waals surface area contributed by atoms with Crippen molar-refractivity contribution in [1.82, 2.24) is 4.90 Å². The number of rotatable bonds is 26. The minimum absolute atomic E-state index is 0.357. The fourth-order valence-corrected chi connectivity index (χ4v) is 4.29. The first-order valence-electron chi connectivity index (χ1n) is 13.8. The number of aliphatic hydroxyl groups excluding tert-OH is 2. The molecule has 0 aliphatic rings. The van der Waals surface area contributed by atoms with Crippen molar-refractivity contribution < 1.29 is 10.2 Å². The highest BCUT2D eigenvalue weighted by molar-refractivity contribution is 4.60. The molecule has 0 atom stereocenters. The van der Waals surface area contributed by atoms with Gasteiger partial charge in [-0.15, -0.1) is 0 Å². The smallest absolute Gasteiger partial charge is 0.0431 e. The topological polar surface area (TPSA) is 43.7 Å². The van der Waals surface area contributed by atoms with Crippen LogP contribution in [0.1, 0.15) is 142 Å². The van der Waals surface area contributed by atoms with E-state index >= 15 is 0 Å². The molecule has 0 fully saturated rings. The molecule has 0 radical (unpaired) electrons. The van der Waals surface area contributed by atoms with Gasteiger partial charge in [-0.05, 0) is 51.7 Å². The van der Waals surface area contributed by atoms with Gasteiger partial charge in [-0.3, -0.25) is 0 Å². The molecule has 0 aromatic carbocycles. The summed E-state index contributed by atoms with van der Waals surface area (Å²) in [5.41, 5.74) is 0. The number of hydrogen-bond acceptors (Lipinski definition) is 3. The highest BCUT2D eigenvalue weighted by atomic mass is 16.3. The van der Waals surface area contributed by atoms with Crippen LogP contribution in [-0.4, -0.2) is 48.0 Å². The van der Waals surface area contributed by atoms with Crippen LogP contribution in [0.5, 0.6) is 0 Å². The van der Waals surface area contributed by atoms with Crippen LogP contribution in [0.25, 0.3) is 0 Å². The zero-order valence-corrected chi connectivity index (χ0v) is 20.7. The summed E-state index contributed by atoms with van der Waals surface area (Å²) in [6.07, 6.45) is 27.6. The number of hydrogen-bond donors (Lipinski definition) is 2. The third-order valence-corrected chi connectivity index (χ3v) is 6.34. The molecule has 3 heteroatoms. The molecule has 0 aliphatic carbocycles. The summed E-state index contributed by atoms with van der Waals surface area (Å²) >= 11 is 0. The second-order valence-corrected chi connectivity index (χ2v) is 9.36. The standard InChI is InChI=1S/C27H57NO2/c1-2-3-4-5-8-13-18-23-28(24-19-14-9-6-11-16-21-26-29)25-20-15-10-7-12-17-22-27-30/h29-30H,2-27H2,1H3. The van der Waals surface area contributed by atoms with E-state index < -0.39 is 0 Å². The van der Waals surface area contributed by atoms with E-state index in [0.717, 1.165) is 12.8 Å². The largest absolute Gasteiger partial charge is 0.396 e. The highest BCUT2D eigenvalue weighted by Crippen LogP contribution is 2.12. The van der Waals surface area contributed by atoms with Crippen LogP contribution in [-0.2, 0) is 0 Å². The van der Waals surface area contributed by atoms with Gasteiger partial charge in [-0.2, -0.15) is 0 Å². The maximum absolute atomic E-state index is 8.85. The van der Waals surface area contributed by atoms with Crippen molar-refractivity contribution in [2.24, 2.45) is 0 Å². The van der Waals surface area contributed by atoms with Gasteiger partial charge in [0.05, 0.1) is 0 Å². The molecule has 0 heterocycles. The molecule has 30 heavy (non-hydrogen) atoms. The zero-order valence-electron chi connectivity index (χ0n) is 20.7. The Balaban J connectivity index is 3.81. The lowest BCUT2D eigenvalue weighted by Crippen LogP contribution is -2.27. The van der Waals surface area contributed by atoms with Crippen LogP contribution < -0.4 is 0 Å². The first-order valence-corrected chi connectivity index (χ1v) is 13.8. The molecule has 0 spiro atoms. The van der Waals surface area contributed by atoms with Crippen LogP contribution in [0.3, 0.4) is 0 Å². The van der Waals surface area contributed by atoms with Crippen molar-refractivity contribution in [3.05, 3.63) is 0 Å². The van der Waals surface area contributed by atoms with Gasteiger partial charge in [-0.25, -0.2) is 0 Å². The fraction of sp³-hybridized carbons (Fsp3) is 1.00. The number of nitrogens with zero attached hydrogens (tertiary/aromatic N) is 1. The van der Waals surface area contributed by atoms with Crippen molar-refractivity contribution in [2.75, 3.05) is 32.8 Å². The zero-order chi connectivity index (χ0) is 22.0. The molecule has 0 amide bonds. The summed E-state index contributed by atoms with van der Waals surface area (Å²) in [7, 11) is 0. The fourth-order valence-electron chi connectivity index (χ4n) is 4.29. The summed E-state index contributed by atoms with van der Waals surface area (Å²) in [6, 6.07) is 0. The van der Waals surface area contributed by atoms with E-state index in [2.05, 4.69) is 11.8 Å². The van der Waals surface area contributed by atoms with Crippen LogP contribution in [0.4, 0.5) is 0 Å². The van der Waals surface area contributed by atoms with Crippen LogP contribution in [0, 0.1) is 0 Å². The molecule has 3 nitrogen and oxygen atoms in total. The number of aliphatic hydroxyl groups is 2. The summed E-state index contributed by atoms with van der Waals surface area (Å²) in [5.74, 6) is 0. The Bertz CT molecular complexity index is 279. The van der Waals surface area contributed by atoms with Gasteiger partial charge >= 0.3 is 0 Å². The van der Waals surface area contributed by atoms with E-state index in [1.165, 1.54) is 142 Å². The minimum atomic E-state index is 0.357. The maximum atomic E-state index is 8.85. The van der Waals surface area contributed by atoms with Crippen molar-refractivity contribution in [3.8, 4) is 0 Å². The third-order valence-electron chi connectivity index (χ3n) is 6.34. The van der Waals surface area contributed by atoms with E-state index in [0.29, 0.717) is 13.2 Å². The quantitative estimate of drug-likeness (QED) is 0.141. The van der Waals surface area contributed by atoms with Gasteiger partial charge in [0.15, 0.2) is 0 Å². The van der Waals surface area contributed by atoms with E-state index in [9.17, 15) is 0 Å². The molecule has 182 valence electrons. The summed E-state index contributed by atoms with van der Waals surface area (Å²) in [6.45, 7) is 6.90. The molecule has 0 unspecified atom stereocenters. The van der Waals surface area contributed by atoms with E-state index in [4.69, 9.17) is 10.2 Å². The van der Waals surface area contributed by atoms with E-state index in [1.54, 1.807) is 0 Å². The molecule has 2 N–H and O–H groups in total. The average molecular weight is 428 g/mol. The lowest BCUT2D eigenvalue weighted by atomic mass is 10.1. The predicted octanol–water partition coefficient (Wildman–Crippen LogP) is 7.49. The molecule has 0 saturated heterocycles. The van der Waals surface area contributed by atoms with Gasteiger partial charge in [-0.1, -0.05) is 110 Å². The summed E-state index contributed by atoms with van der Waals surface area (Å²) < 4.78 is 0. The minimum Gasteiger partial charge on any atom is -0.396 e. The van der Waals surface area contributed by atoms with Crippen LogP contribution in [0.15, 0.2) is 0 Å². The second-order valence-electron chi connectivity index (χ2n) is 9.36. The Kier molecular flexibility index (Phi) is 26.8. The lowest BCUT2D eigenvalue weighted by Gasteiger charge is -2.22. The molecule has 0 aromatic rings. The Hall–Kier alpha value is -0.120. The Morgan fingerprint density at radius 3 is 0.933 bits per heavy atom. The van der Waals surface area contributed by atoms with Crippen molar-refractivity contribution in [1.29, 1.82) is 0 Å². The normalized spacial score (nSPS) is 11.6. The first-order chi connectivity index (χ1) is 14.8. The van der Waals surface area contributed by atoms with Crippen molar-refractivity contribution >= 4 is 0 Å². The van der Waals surface area contributed by atoms with E-state index in [1.807, 2.05) is 0 Å². The Labute approximate surface area is 190 Å².